The number of aliphatic imine (C=N–C) groups is 1. The third kappa shape index (κ3) is 4.85. The van der Waals surface area contributed by atoms with Gasteiger partial charge in [-0.1, -0.05) is 19.9 Å². The Labute approximate surface area is 121 Å². The minimum atomic E-state index is -0.376. The second-order valence-electron chi connectivity index (χ2n) is 6.18. The molecule has 0 bridgehead atoms. The van der Waals surface area contributed by atoms with Crippen molar-refractivity contribution >= 4 is 6.21 Å². The van der Waals surface area contributed by atoms with Gasteiger partial charge in [-0.15, -0.1) is 0 Å². The molecule has 4 heteroatoms. The van der Waals surface area contributed by atoms with Crippen LogP contribution in [0.15, 0.2) is 23.2 Å². The first kappa shape index (κ1) is 16.5. The SMILES string of the molecule is CC(C)[C@@H](CO)N=Cc1cccc(OC(C)(C)C)c1O. The number of aliphatic hydroxyl groups excluding tert-OH is 1. The smallest absolute Gasteiger partial charge is 0.166 e. The number of para-hydroxylation sites is 1. The molecular weight excluding hydrogens is 254 g/mol. The van der Waals surface area contributed by atoms with E-state index >= 15 is 0 Å². The lowest BCUT2D eigenvalue weighted by atomic mass is 10.1. The van der Waals surface area contributed by atoms with Crippen molar-refractivity contribution in [3.63, 3.8) is 0 Å². The molecular formula is C16H25NO3. The molecule has 0 aromatic heterocycles. The van der Waals surface area contributed by atoms with Gasteiger partial charge in [0.05, 0.1) is 12.6 Å². The summed E-state index contributed by atoms with van der Waals surface area (Å²) in [5.74, 6) is 0.755. The summed E-state index contributed by atoms with van der Waals surface area (Å²) >= 11 is 0. The summed E-state index contributed by atoms with van der Waals surface area (Å²) in [5.41, 5.74) is 0.213. The van der Waals surface area contributed by atoms with Gasteiger partial charge in [-0.3, -0.25) is 4.99 Å². The molecule has 4 nitrogen and oxygen atoms in total. The van der Waals surface area contributed by atoms with Crippen LogP contribution in [0.1, 0.15) is 40.2 Å². The molecule has 0 heterocycles. The van der Waals surface area contributed by atoms with E-state index in [0.29, 0.717) is 11.3 Å². The number of aromatic hydroxyl groups is 1. The van der Waals surface area contributed by atoms with Gasteiger partial charge >= 0.3 is 0 Å². The number of phenols is 1. The number of phenolic OH excluding ortho intramolecular Hbond substituents is 1. The molecule has 20 heavy (non-hydrogen) atoms. The monoisotopic (exact) mass is 279 g/mol. The van der Waals surface area contributed by atoms with Crippen molar-refractivity contribution < 1.29 is 14.9 Å². The van der Waals surface area contributed by atoms with Crippen molar-refractivity contribution in [3.8, 4) is 11.5 Å². The van der Waals surface area contributed by atoms with Crippen LogP contribution in [-0.2, 0) is 0 Å². The largest absolute Gasteiger partial charge is 0.504 e. The Morgan fingerprint density at radius 1 is 1.30 bits per heavy atom. The van der Waals surface area contributed by atoms with Crippen LogP contribution in [-0.4, -0.2) is 34.7 Å². The molecule has 0 aliphatic carbocycles. The third-order valence-corrected chi connectivity index (χ3v) is 2.81. The highest BCUT2D eigenvalue weighted by Gasteiger charge is 2.16. The van der Waals surface area contributed by atoms with Crippen LogP contribution in [0.4, 0.5) is 0 Å². The van der Waals surface area contributed by atoms with Crippen LogP contribution in [0.5, 0.6) is 11.5 Å². The maximum absolute atomic E-state index is 10.2. The minimum absolute atomic E-state index is 0.00683. The van der Waals surface area contributed by atoms with Crippen LogP contribution < -0.4 is 4.74 Å². The predicted octanol–water partition coefficient (Wildman–Crippen LogP) is 3.01. The van der Waals surface area contributed by atoms with Crippen LogP contribution in [0.25, 0.3) is 0 Å². The number of hydrogen-bond acceptors (Lipinski definition) is 4. The number of hydrogen-bond donors (Lipinski definition) is 2. The van der Waals surface area contributed by atoms with Crippen LogP contribution in [0, 0.1) is 5.92 Å². The minimum Gasteiger partial charge on any atom is -0.504 e. The number of nitrogens with zero attached hydrogens (tertiary/aromatic N) is 1. The van der Waals surface area contributed by atoms with Gasteiger partial charge in [0.25, 0.3) is 0 Å². The van der Waals surface area contributed by atoms with Gasteiger partial charge in [0.2, 0.25) is 0 Å². The van der Waals surface area contributed by atoms with Crippen LogP contribution in [0.3, 0.4) is 0 Å². The van der Waals surface area contributed by atoms with E-state index in [2.05, 4.69) is 4.99 Å². The van der Waals surface area contributed by atoms with Crippen molar-refractivity contribution in [1.82, 2.24) is 0 Å². The van der Waals surface area contributed by atoms with E-state index in [0.717, 1.165) is 0 Å². The standard InChI is InChI=1S/C16H25NO3/c1-11(2)13(10-18)17-9-12-7-6-8-14(15(12)19)20-16(3,4)5/h6-9,11,13,18-19H,10H2,1-5H3/t13-/m1/s1. The van der Waals surface area contributed by atoms with Gasteiger partial charge in [-0.05, 0) is 38.8 Å². The lowest BCUT2D eigenvalue weighted by molar-refractivity contribution is 0.126. The van der Waals surface area contributed by atoms with E-state index < -0.39 is 0 Å². The summed E-state index contributed by atoms with van der Waals surface area (Å²) in [6.45, 7) is 9.76. The zero-order chi connectivity index (χ0) is 15.3. The highest BCUT2D eigenvalue weighted by Crippen LogP contribution is 2.31. The zero-order valence-electron chi connectivity index (χ0n) is 12.9. The number of aliphatic hydroxyl groups is 1. The molecule has 2 N–H and O–H groups in total. The molecule has 0 amide bonds. The van der Waals surface area contributed by atoms with Gasteiger partial charge in [0, 0.05) is 11.8 Å². The van der Waals surface area contributed by atoms with E-state index in [-0.39, 0.29) is 29.9 Å². The van der Waals surface area contributed by atoms with Crippen LogP contribution >= 0.6 is 0 Å². The first-order chi connectivity index (χ1) is 9.24. The van der Waals surface area contributed by atoms with Crippen molar-refractivity contribution in [2.24, 2.45) is 10.9 Å². The molecule has 0 radical (unpaired) electrons. The Bertz CT molecular complexity index is 461. The molecule has 1 aromatic carbocycles. The fourth-order valence-corrected chi connectivity index (χ4v) is 1.66. The van der Waals surface area contributed by atoms with E-state index in [9.17, 15) is 10.2 Å². The van der Waals surface area contributed by atoms with Gasteiger partial charge < -0.3 is 14.9 Å². The Kier molecular flexibility index (Phi) is 5.57. The Morgan fingerprint density at radius 2 is 1.95 bits per heavy atom. The van der Waals surface area contributed by atoms with Gasteiger partial charge in [-0.2, -0.15) is 0 Å². The zero-order valence-corrected chi connectivity index (χ0v) is 12.9. The number of ether oxygens (including phenoxy) is 1. The fraction of sp³-hybridized carbons (Fsp3) is 0.562. The third-order valence-electron chi connectivity index (χ3n) is 2.81. The summed E-state index contributed by atoms with van der Waals surface area (Å²) in [4.78, 5) is 4.32. The Morgan fingerprint density at radius 3 is 2.45 bits per heavy atom. The van der Waals surface area contributed by atoms with Crippen LogP contribution in [0.2, 0.25) is 0 Å². The molecule has 0 aliphatic heterocycles. The molecule has 0 unspecified atom stereocenters. The lowest BCUT2D eigenvalue weighted by Crippen LogP contribution is -2.23. The molecule has 0 aliphatic rings. The van der Waals surface area contributed by atoms with Crippen molar-refractivity contribution in [3.05, 3.63) is 23.8 Å². The lowest BCUT2D eigenvalue weighted by Gasteiger charge is -2.22. The van der Waals surface area contributed by atoms with Crippen molar-refractivity contribution in [2.45, 2.75) is 46.3 Å². The molecule has 1 aromatic rings. The normalized spacial score (nSPS) is 13.9. The first-order valence-electron chi connectivity index (χ1n) is 6.89. The Balaban J connectivity index is 2.97. The average molecular weight is 279 g/mol. The van der Waals surface area contributed by atoms with E-state index in [4.69, 9.17) is 4.74 Å². The number of rotatable bonds is 5. The maximum Gasteiger partial charge on any atom is 0.166 e. The molecule has 0 fully saturated rings. The maximum atomic E-state index is 10.2. The first-order valence-corrected chi connectivity index (χ1v) is 6.89. The van der Waals surface area contributed by atoms with E-state index in [1.807, 2.05) is 40.7 Å². The summed E-state index contributed by atoms with van der Waals surface area (Å²) in [6.07, 6.45) is 1.59. The highest BCUT2D eigenvalue weighted by atomic mass is 16.5. The molecule has 0 spiro atoms. The van der Waals surface area contributed by atoms with Gasteiger partial charge in [0.1, 0.15) is 5.60 Å². The van der Waals surface area contributed by atoms with Crippen molar-refractivity contribution in [1.29, 1.82) is 0 Å². The topological polar surface area (TPSA) is 62.1 Å². The predicted molar refractivity (Wildman–Crippen MR) is 81.8 cm³/mol. The quantitative estimate of drug-likeness (QED) is 0.814. The number of benzene rings is 1. The summed E-state index contributed by atoms with van der Waals surface area (Å²) in [7, 11) is 0. The molecule has 0 saturated carbocycles. The van der Waals surface area contributed by atoms with Crippen molar-refractivity contribution in [2.75, 3.05) is 6.61 Å². The summed E-state index contributed by atoms with van der Waals surface area (Å²) in [6, 6.07) is 5.14. The van der Waals surface area contributed by atoms with Gasteiger partial charge in [-0.25, -0.2) is 0 Å². The Hall–Kier alpha value is -1.55. The summed E-state index contributed by atoms with van der Waals surface area (Å²) in [5, 5.41) is 19.4. The van der Waals surface area contributed by atoms with E-state index in [1.165, 1.54) is 0 Å². The summed E-state index contributed by atoms with van der Waals surface area (Å²) < 4.78 is 5.69. The second-order valence-corrected chi connectivity index (χ2v) is 6.18. The second kappa shape index (κ2) is 6.75. The van der Waals surface area contributed by atoms with E-state index in [1.54, 1.807) is 18.3 Å². The highest BCUT2D eigenvalue weighted by molar-refractivity contribution is 5.84. The molecule has 1 atom stereocenters. The average Bonchev–Trinajstić information content (AvgIpc) is 2.32. The molecule has 0 saturated heterocycles. The molecule has 112 valence electrons. The molecule has 1 rings (SSSR count). The van der Waals surface area contributed by atoms with Gasteiger partial charge in [0.15, 0.2) is 11.5 Å². The fourth-order valence-electron chi connectivity index (χ4n) is 1.66.